The quantitative estimate of drug-likeness (QED) is 0.775. The largest absolute Gasteiger partial charge is 0.490 e. The lowest BCUT2D eigenvalue weighted by molar-refractivity contribution is -0.121. The van der Waals surface area contributed by atoms with Crippen LogP contribution < -0.4 is 14.4 Å². The van der Waals surface area contributed by atoms with Crippen LogP contribution in [-0.2, 0) is 4.79 Å². The van der Waals surface area contributed by atoms with Crippen molar-refractivity contribution < 1.29 is 19.1 Å². The molecule has 0 atom stereocenters. The number of benzene rings is 1. The van der Waals surface area contributed by atoms with Crippen molar-refractivity contribution in [3.8, 4) is 11.5 Å². The van der Waals surface area contributed by atoms with Crippen LogP contribution in [0.1, 0.15) is 31.1 Å². The Balaban J connectivity index is 2.51. The first-order chi connectivity index (χ1) is 9.56. The van der Waals surface area contributed by atoms with Gasteiger partial charge in [0.25, 0.3) is 5.91 Å². The summed E-state index contributed by atoms with van der Waals surface area (Å²) in [6, 6.07) is 3.31. The molecule has 0 N–H and O–H groups in total. The fraction of sp³-hybridized carbons (Fsp3) is 0.467. The Bertz CT molecular complexity index is 525. The SMILES string of the molecule is CCOc1cc(C=O)cc2c1OCC(=O)N2CC(C)C. The molecule has 1 heterocycles. The van der Waals surface area contributed by atoms with Crippen LogP contribution in [0.15, 0.2) is 12.1 Å². The maximum absolute atomic E-state index is 12.0. The van der Waals surface area contributed by atoms with Crippen molar-refractivity contribution in [3.63, 3.8) is 0 Å². The molecule has 20 heavy (non-hydrogen) atoms. The van der Waals surface area contributed by atoms with E-state index in [0.717, 1.165) is 6.29 Å². The fourth-order valence-electron chi connectivity index (χ4n) is 2.20. The lowest BCUT2D eigenvalue weighted by Gasteiger charge is -2.31. The highest BCUT2D eigenvalue weighted by atomic mass is 16.5. The lowest BCUT2D eigenvalue weighted by Crippen LogP contribution is -2.41. The number of hydrogen-bond acceptors (Lipinski definition) is 4. The zero-order valence-corrected chi connectivity index (χ0v) is 12.0. The van der Waals surface area contributed by atoms with Gasteiger partial charge in [0.05, 0.1) is 12.3 Å². The smallest absolute Gasteiger partial charge is 0.265 e. The molecule has 5 heteroatoms. The third kappa shape index (κ3) is 2.76. The van der Waals surface area contributed by atoms with Crippen molar-refractivity contribution >= 4 is 17.9 Å². The summed E-state index contributed by atoms with van der Waals surface area (Å²) in [5, 5.41) is 0. The maximum Gasteiger partial charge on any atom is 0.265 e. The second-order valence-electron chi connectivity index (χ2n) is 5.11. The highest BCUT2D eigenvalue weighted by Gasteiger charge is 2.29. The van der Waals surface area contributed by atoms with Gasteiger partial charge in [0.1, 0.15) is 6.29 Å². The van der Waals surface area contributed by atoms with E-state index in [1.54, 1.807) is 17.0 Å². The molecule has 0 saturated heterocycles. The molecule has 0 radical (unpaired) electrons. The predicted molar refractivity (Wildman–Crippen MR) is 75.7 cm³/mol. The summed E-state index contributed by atoms with van der Waals surface area (Å²) in [6.45, 7) is 6.99. The molecule has 1 aromatic rings. The van der Waals surface area contributed by atoms with Crippen LogP contribution in [0.2, 0.25) is 0 Å². The topological polar surface area (TPSA) is 55.8 Å². The number of rotatable bonds is 5. The predicted octanol–water partition coefficient (Wildman–Crippen LogP) is 2.28. The Morgan fingerprint density at radius 3 is 2.80 bits per heavy atom. The summed E-state index contributed by atoms with van der Waals surface area (Å²) >= 11 is 0. The molecule has 0 aliphatic carbocycles. The summed E-state index contributed by atoms with van der Waals surface area (Å²) in [4.78, 5) is 24.8. The van der Waals surface area contributed by atoms with E-state index in [4.69, 9.17) is 9.47 Å². The number of amides is 1. The van der Waals surface area contributed by atoms with Crippen LogP contribution >= 0.6 is 0 Å². The number of anilines is 1. The van der Waals surface area contributed by atoms with Gasteiger partial charge < -0.3 is 14.4 Å². The van der Waals surface area contributed by atoms with Crippen LogP contribution in [0, 0.1) is 5.92 Å². The standard InChI is InChI=1S/C15H19NO4/c1-4-19-13-6-11(8-17)5-12-15(13)20-9-14(18)16(12)7-10(2)3/h5-6,8,10H,4,7,9H2,1-3H3. The molecule has 0 fully saturated rings. The van der Waals surface area contributed by atoms with Crippen molar-refractivity contribution in [3.05, 3.63) is 17.7 Å². The molecule has 1 aliphatic heterocycles. The molecular weight excluding hydrogens is 258 g/mol. The molecule has 0 aromatic heterocycles. The average Bonchev–Trinajstić information content (AvgIpc) is 2.41. The van der Waals surface area contributed by atoms with Crippen LogP contribution in [0.4, 0.5) is 5.69 Å². The van der Waals surface area contributed by atoms with Crippen LogP contribution in [0.5, 0.6) is 11.5 Å². The van der Waals surface area contributed by atoms with Gasteiger partial charge in [-0.1, -0.05) is 13.8 Å². The molecule has 108 valence electrons. The van der Waals surface area contributed by atoms with Crippen molar-refractivity contribution in [2.75, 3.05) is 24.7 Å². The van der Waals surface area contributed by atoms with E-state index in [9.17, 15) is 9.59 Å². The first kappa shape index (κ1) is 14.4. The normalized spacial score (nSPS) is 14.0. The van der Waals surface area contributed by atoms with Crippen molar-refractivity contribution in [1.82, 2.24) is 0 Å². The molecule has 1 amide bonds. The lowest BCUT2D eigenvalue weighted by atomic mass is 10.1. The van der Waals surface area contributed by atoms with Crippen molar-refractivity contribution in [2.45, 2.75) is 20.8 Å². The van der Waals surface area contributed by atoms with E-state index in [1.165, 1.54) is 0 Å². The number of aldehydes is 1. The zero-order valence-electron chi connectivity index (χ0n) is 12.0. The number of carbonyl (C=O) groups excluding carboxylic acids is 2. The summed E-state index contributed by atoms with van der Waals surface area (Å²) < 4.78 is 11.0. The third-order valence-electron chi connectivity index (χ3n) is 2.97. The Morgan fingerprint density at radius 1 is 1.45 bits per heavy atom. The molecule has 5 nitrogen and oxygen atoms in total. The molecule has 0 bridgehead atoms. The van der Waals surface area contributed by atoms with Crippen LogP contribution in [0.3, 0.4) is 0 Å². The third-order valence-corrected chi connectivity index (χ3v) is 2.97. The summed E-state index contributed by atoms with van der Waals surface area (Å²) in [5.74, 6) is 1.27. The number of hydrogen-bond donors (Lipinski definition) is 0. The molecular formula is C15H19NO4. The Morgan fingerprint density at radius 2 is 2.20 bits per heavy atom. The number of ether oxygens (including phenoxy) is 2. The maximum atomic E-state index is 12.0. The van der Waals surface area contributed by atoms with Gasteiger partial charge in [-0.25, -0.2) is 0 Å². The first-order valence-electron chi connectivity index (χ1n) is 6.76. The van der Waals surface area contributed by atoms with Crippen LogP contribution in [-0.4, -0.2) is 32.0 Å². The Labute approximate surface area is 118 Å². The van der Waals surface area contributed by atoms with Gasteiger partial charge in [0.2, 0.25) is 0 Å². The Hall–Kier alpha value is -2.04. The second kappa shape index (κ2) is 5.94. The van der Waals surface area contributed by atoms with Gasteiger partial charge in [-0.05, 0) is 25.0 Å². The van der Waals surface area contributed by atoms with Crippen molar-refractivity contribution in [2.24, 2.45) is 5.92 Å². The minimum Gasteiger partial charge on any atom is -0.490 e. The molecule has 0 spiro atoms. The minimum atomic E-state index is -0.100. The van der Waals surface area contributed by atoms with E-state index >= 15 is 0 Å². The van der Waals surface area contributed by atoms with Gasteiger partial charge >= 0.3 is 0 Å². The molecule has 0 saturated carbocycles. The summed E-state index contributed by atoms with van der Waals surface area (Å²) in [5.41, 5.74) is 1.09. The monoisotopic (exact) mass is 277 g/mol. The molecule has 1 aromatic carbocycles. The van der Waals surface area contributed by atoms with Gasteiger partial charge in [-0.3, -0.25) is 9.59 Å². The minimum absolute atomic E-state index is 0.000228. The summed E-state index contributed by atoms with van der Waals surface area (Å²) in [6.07, 6.45) is 0.745. The van der Waals surface area contributed by atoms with E-state index in [1.807, 2.05) is 20.8 Å². The second-order valence-corrected chi connectivity index (χ2v) is 5.11. The van der Waals surface area contributed by atoms with Crippen LogP contribution in [0.25, 0.3) is 0 Å². The fourth-order valence-corrected chi connectivity index (χ4v) is 2.20. The Kier molecular flexibility index (Phi) is 4.27. The van der Waals surface area contributed by atoms with E-state index < -0.39 is 0 Å². The van der Waals surface area contributed by atoms with Gasteiger partial charge in [0.15, 0.2) is 18.1 Å². The first-order valence-corrected chi connectivity index (χ1v) is 6.76. The highest BCUT2D eigenvalue weighted by Crippen LogP contribution is 2.41. The zero-order chi connectivity index (χ0) is 14.7. The number of nitrogens with zero attached hydrogens (tertiary/aromatic N) is 1. The van der Waals surface area contributed by atoms with E-state index in [2.05, 4.69) is 0 Å². The number of fused-ring (bicyclic) bond motifs is 1. The highest BCUT2D eigenvalue weighted by molar-refractivity contribution is 5.99. The molecule has 2 rings (SSSR count). The van der Waals surface area contributed by atoms with Gasteiger partial charge in [-0.2, -0.15) is 0 Å². The van der Waals surface area contributed by atoms with Gasteiger partial charge in [-0.15, -0.1) is 0 Å². The molecule has 0 unspecified atom stereocenters. The van der Waals surface area contributed by atoms with E-state index in [-0.39, 0.29) is 12.5 Å². The van der Waals surface area contributed by atoms with E-state index in [0.29, 0.717) is 41.8 Å². The molecule has 1 aliphatic rings. The number of carbonyl (C=O) groups is 2. The summed E-state index contributed by atoms with van der Waals surface area (Å²) in [7, 11) is 0. The van der Waals surface area contributed by atoms with Gasteiger partial charge in [0, 0.05) is 12.1 Å². The average molecular weight is 277 g/mol. The van der Waals surface area contributed by atoms with Crippen molar-refractivity contribution in [1.29, 1.82) is 0 Å².